The standard InChI is InChI=1S/C16H20N6O/c1-20-12-5-6-13(20)9-21(8-7-12)16(23)14-3-2-4-15(19-14)22-10-17-18-11-22/h2-4,10-13H,5-9H2,1H3/t12-,13+/m0/s1. The second-order valence-electron chi connectivity index (χ2n) is 6.34. The Morgan fingerprint density at radius 2 is 1.91 bits per heavy atom. The Bertz CT molecular complexity index is 700. The molecule has 2 bridgehead atoms. The molecule has 0 aromatic carbocycles. The van der Waals surface area contributed by atoms with Crippen LogP contribution in [0.25, 0.3) is 5.82 Å². The normalized spacial score (nSPS) is 24.7. The Balaban J connectivity index is 1.56. The molecule has 2 atom stereocenters. The maximum atomic E-state index is 12.9. The topological polar surface area (TPSA) is 67.2 Å². The molecule has 0 radical (unpaired) electrons. The summed E-state index contributed by atoms with van der Waals surface area (Å²) in [5.74, 6) is 0.676. The molecule has 2 aromatic heterocycles. The zero-order valence-corrected chi connectivity index (χ0v) is 13.2. The molecule has 0 spiro atoms. The van der Waals surface area contributed by atoms with Crippen molar-refractivity contribution in [2.45, 2.75) is 31.3 Å². The number of likely N-dealkylation sites (tertiary alicyclic amines) is 1. The predicted octanol–water partition coefficient (Wildman–Crippen LogP) is 0.971. The van der Waals surface area contributed by atoms with Gasteiger partial charge in [-0.25, -0.2) is 4.98 Å². The van der Waals surface area contributed by atoms with Crippen molar-refractivity contribution in [2.24, 2.45) is 0 Å². The molecule has 7 nitrogen and oxygen atoms in total. The van der Waals surface area contributed by atoms with Gasteiger partial charge in [0, 0.05) is 25.2 Å². The summed E-state index contributed by atoms with van der Waals surface area (Å²) < 4.78 is 1.70. The van der Waals surface area contributed by atoms with Crippen LogP contribution in [0.15, 0.2) is 30.9 Å². The summed E-state index contributed by atoms with van der Waals surface area (Å²) in [6, 6.07) is 6.58. The molecule has 4 rings (SSSR count). The second kappa shape index (κ2) is 5.73. The zero-order chi connectivity index (χ0) is 15.8. The van der Waals surface area contributed by atoms with Gasteiger partial charge in [-0.1, -0.05) is 6.07 Å². The van der Waals surface area contributed by atoms with Crippen LogP contribution in [0.5, 0.6) is 0 Å². The third-order valence-electron chi connectivity index (χ3n) is 5.07. The van der Waals surface area contributed by atoms with Crippen molar-refractivity contribution in [3.05, 3.63) is 36.5 Å². The van der Waals surface area contributed by atoms with Crippen molar-refractivity contribution in [2.75, 3.05) is 20.1 Å². The number of hydrogen-bond acceptors (Lipinski definition) is 5. The lowest BCUT2D eigenvalue weighted by atomic mass is 10.1. The molecule has 0 saturated carbocycles. The van der Waals surface area contributed by atoms with Gasteiger partial charge in [0.05, 0.1) is 0 Å². The quantitative estimate of drug-likeness (QED) is 0.826. The van der Waals surface area contributed by atoms with Crippen LogP contribution in [0, 0.1) is 0 Å². The minimum atomic E-state index is 0.0147. The number of fused-ring (bicyclic) bond motifs is 2. The molecule has 7 heteroatoms. The first kappa shape index (κ1) is 14.3. The Morgan fingerprint density at radius 3 is 2.74 bits per heavy atom. The largest absolute Gasteiger partial charge is 0.336 e. The van der Waals surface area contributed by atoms with Crippen LogP contribution < -0.4 is 0 Å². The highest BCUT2D eigenvalue weighted by Gasteiger charge is 2.36. The molecular weight excluding hydrogens is 292 g/mol. The Hall–Kier alpha value is -2.28. The maximum absolute atomic E-state index is 12.9. The lowest BCUT2D eigenvalue weighted by molar-refractivity contribution is 0.0734. The minimum Gasteiger partial charge on any atom is -0.336 e. The molecule has 0 aliphatic carbocycles. The number of aromatic nitrogens is 4. The van der Waals surface area contributed by atoms with Crippen molar-refractivity contribution in [3.63, 3.8) is 0 Å². The van der Waals surface area contributed by atoms with E-state index < -0.39 is 0 Å². The number of pyridine rings is 1. The molecule has 23 heavy (non-hydrogen) atoms. The fraction of sp³-hybridized carbons (Fsp3) is 0.500. The smallest absolute Gasteiger partial charge is 0.272 e. The SMILES string of the molecule is CN1[C@H]2CC[C@@H]1CN(C(=O)c1cccc(-n3cnnc3)n1)CC2. The van der Waals surface area contributed by atoms with Crippen LogP contribution >= 0.6 is 0 Å². The van der Waals surface area contributed by atoms with Crippen molar-refractivity contribution < 1.29 is 4.79 Å². The van der Waals surface area contributed by atoms with Gasteiger partial charge in [0.25, 0.3) is 5.91 Å². The predicted molar refractivity (Wildman–Crippen MR) is 84.2 cm³/mol. The Labute approximate surface area is 134 Å². The van der Waals surface area contributed by atoms with E-state index >= 15 is 0 Å². The molecule has 2 aliphatic rings. The van der Waals surface area contributed by atoms with Crippen molar-refractivity contribution >= 4 is 5.91 Å². The third-order valence-corrected chi connectivity index (χ3v) is 5.07. The molecule has 120 valence electrons. The fourth-order valence-corrected chi connectivity index (χ4v) is 3.66. The lowest BCUT2D eigenvalue weighted by Crippen LogP contribution is -2.40. The number of amides is 1. The number of nitrogens with zero attached hydrogens (tertiary/aromatic N) is 6. The second-order valence-corrected chi connectivity index (χ2v) is 6.34. The van der Waals surface area contributed by atoms with Gasteiger partial charge in [-0.3, -0.25) is 14.3 Å². The number of rotatable bonds is 2. The van der Waals surface area contributed by atoms with Gasteiger partial charge in [-0.2, -0.15) is 0 Å². The molecule has 4 heterocycles. The number of carbonyl (C=O) groups is 1. The van der Waals surface area contributed by atoms with E-state index in [2.05, 4.69) is 27.1 Å². The van der Waals surface area contributed by atoms with E-state index in [-0.39, 0.29) is 5.91 Å². The van der Waals surface area contributed by atoms with Gasteiger partial charge < -0.3 is 4.90 Å². The summed E-state index contributed by atoms with van der Waals surface area (Å²) in [5, 5.41) is 7.56. The summed E-state index contributed by atoms with van der Waals surface area (Å²) in [7, 11) is 2.18. The Kier molecular flexibility index (Phi) is 3.57. The molecular formula is C16H20N6O. The van der Waals surface area contributed by atoms with E-state index in [1.165, 1.54) is 12.8 Å². The van der Waals surface area contributed by atoms with Gasteiger partial charge in [-0.15, -0.1) is 10.2 Å². The third kappa shape index (κ3) is 2.61. The summed E-state index contributed by atoms with van der Waals surface area (Å²) >= 11 is 0. The van der Waals surface area contributed by atoms with E-state index in [0.717, 1.165) is 19.5 Å². The first-order chi connectivity index (χ1) is 11.2. The van der Waals surface area contributed by atoms with E-state index in [4.69, 9.17) is 0 Å². The minimum absolute atomic E-state index is 0.0147. The summed E-state index contributed by atoms with van der Waals surface area (Å²) in [6.07, 6.45) is 6.64. The average Bonchev–Trinajstić information content (AvgIpc) is 3.16. The van der Waals surface area contributed by atoms with Crippen molar-refractivity contribution in [1.82, 2.24) is 29.5 Å². The maximum Gasteiger partial charge on any atom is 0.272 e. The molecule has 0 unspecified atom stereocenters. The molecule has 2 aliphatic heterocycles. The monoisotopic (exact) mass is 312 g/mol. The molecule has 2 saturated heterocycles. The highest BCUT2D eigenvalue weighted by molar-refractivity contribution is 5.92. The highest BCUT2D eigenvalue weighted by atomic mass is 16.2. The fourth-order valence-electron chi connectivity index (χ4n) is 3.66. The lowest BCUT2D eigenvalue weighted by Gasteiger charge is -2.25. The van der Waals surface area contributed by atoms with Crippen LogP contribution in [-0.2, 0) is 0 Å². The average molecular weight is 312 g/mol. The first-order valence-corrected chi connectivity index (χ1v) is 8.05. The Morgan fingerprint density at radius 1 is 1.13 bits per heavy atom. The van der Waals surface area contributed by atoms with E-state index in [0.29, 0.717) is 23.6 Å². The number of carbonyl (C=O) groups excluding carboxylic acids is 1. The van der Waals surface area contributed by atoms with Crippen molar-refractivity contribution in [1.29, 1.82) is 0 Å². The van der Waals surface area contributed by atoms with Crippen LogP contribution in [0.4, 0.5) is 0 Å². The highest BCUT2D eigenvalue weighted by Crippen LogP contribution is 2.28. The summed E-state index contributed by atoms with van der Waals surface area (Å²) in [4.78, 5) is 21.7. The first-order valence-electron chi connectivity index (χ1n) is 8.05. The summed E-state index contributed by atoms with van der Waals surface area (Å²) in [5.41, 5.74) is 0.483. The van der Waals surface area contributed by atoms with Crippen LogP contribution in [0.3, 0.4) is 0 Å². The number of hydrogen-bond donors (Lipinski definition) is 0. The molecule has 0 N–H and O–H groups in total. The summed E-state index contributed by atoms with van der Waals surface area (Å²) in [6.45, 7) is 1.60. The van der Waals surface area contributed by atoms with Crippen LogP contribution in [-0.4, -0.2) is 67.7 Å². The van der Waals surface area contributed by atoms with E-state index in [1.54, 1.807) is 23.3 Å². The van der Waals surface area contributed by atoms with E-state index in [9.17, 15) is 4.79 Å². The molecule has 2 aromatic rings. The number of likely N-dealkylation sites (N-methyl/N-ethyl adjacent to an activating group) is 1. The molecule has 2 fully saturated rings. The van der Waals surface area contributed by atoms with E-state index in [1.807, 2.05) is 17.0 Å². The van der Waals surface area contributed by atoms with Gasteiger partial charge in [0.15, 0.2) is 0 Å². The van der Waals surface area contributed by atoms with Gasteiger partial charge in [0.1, 0.15) is 24.2 Å². The van der Waals surface area contributed by atoms with Crippen LogP contribution in [0.1, 0.15) is 29.8 Å². The van der Waals surface area contributed by atoms with Gasteiger partial charge >= 0.3 is 0 Å². The van der Waals surface area contributed by atoms with Crippen LogP contribution in [0.2, 0.25) is 0 Å². The van der Waals surface area contributed by atoms with Gasteiger partial charge in [0.2, 0.25) is 0 Å². The zero-order valence-electron chi connectivity index (χ0n) is 13.2. The molecule has 1 amide bonds. The van der Waals surface area contributed by atoms with Gasteiger partial charge in [-0.05, 0) is 38.4 Å². The van der Waals surface area contributed by atoms with Crippen molar-refractivity contribution in [3.8, 4) is 5.82 Å².